The molecule has 2 aromatic rings. The molecule has 0 saturated carbocycles. The van der Waals surface area contributed by atoms with E-state index >= 15 is 0 Å². The van der Waals surface area contributed by atoms with Crippen LogP contribution in [0.5, 0.6) is 11.5 Å². The molecule has 1 amide bonds. The third-order valence-electron chi connectivity index (χ3n) is 4.90. The third kappa shape index (κ3) is 3.51. The van der Waals surface area contributed by atoms with Crippen LogP contribution >= 0.6 is 0 Å². The Morgan fingerprint density at radius 1 is 1.15 bits per heavy atom. The molecular weight excluding hydrogens is 332 g/mol. The van der Waals surface area contributed by atoms with Gasteiger partial charge in [0.1, 0.15) is 13.2 Å². The number of rotatable bonds is 4. The van der Waals surface area contributed by atoms with Crippen LogP contribution in [-0.4, -0.2) is 43.4 Å². The molecule has 2 atom stereocenters. The molecular formula is C20H22N2O4. The van der Waals surface area contributed by atoms with Crippen LogP contribution in [0.3, 0.4) is 0 Å². The average Bonchev–Trinajstić information content (AvgIpc) is 3.08. The number of aryl methyl sites for hydroxylation is 1. The molecule has 1 N–H and O–H groups in total. The lowest BCUT2D eigenvalue weighted by Gasteiger charge is -2.22. The average molecular weight is 354 g/mol. The molecule has 2 aliphatic heterocycles. The molecule has 4 rings (SSSR count). The summed E-state index contributed by atoms with van der Waals surface area (Å²) in [4.78, 5) is 16.9. The van der Waals surface area contributed by atoms with Gasteiger partial charge < -0.3 is 19.5 Å². The van der Waals surface area contributed by atoms with Gasteiger partial charge >= 0.3 is 0 Å². The summed E-state index contributed by atoms with van der Waals surface area (Å²) in [7, 11) is 0. The van der Waals surface area contributed by atoms with Crippen molar-refractivity contribution in [1.82, 2.24) is 10.3 Å². The van der Waals surface area contributed by atoms with E-state index in [0.717, 1.165) is 12.0 Å². The summed E-state index contributed by atoms with van der Waals surface area (Å²) in [5.41, 5.74) is 2.69. The quantitative estimate of drug-likeness (QED) is 0.911. The van der Waals surface area contributed by atoms with Crippen LogP contribution in [0.15, 0.2) is 36.7 Å². The van der Waals surface area contributed by atoms with E-state index in [2.05, 4.69) is 10.3 Å². The van der Waals surface area contributed by atoms with Crippen LogP contribution in [-0.2, 0) is 11.2 Å². The number of pyridine rings is 1. The van der Waals surface area contributed by atoms with E-state index in [-0.39, 0.29) is 17.9 Å². The Morgan fingerprint density at radius 3 is 2.65 bits per heavy atom. The smallest absolute Gasteiger partial charge is 0.251 e. The standard InChI is InChI=1S/C20H22N2O4/c1-13-8-18-19(26-7-6-25-18)10-16(13)20(23)22-17-12-24-11-15(17)9-14-2-4-21-5-3-14/h2-5,8,10,15,17H,6-7,9,11-12H2,1H3,(H,22,23)/t15-,17+/m1/s1. The van der Waals surface area contributed by atoms with Gasteiger partial charge in [-0.05, 0) is 48.7 Å². The summed E-state index contributed by atoms with van der Waals surface area (Å²) < 4.78 is 16.8. The maximum absolute atomic E-state index is 12.8. The van der Waals surface area contributed by atoms with Gasteiger partial charge in [-0.25, -0.2) is 0 Å². The van der Waals surface area contributed by atoms with Gasteiger partial charge in [0.25, 0.3) is 5.91 Å². The van der Waals surface area contributed by atoms with Crippen LogP contribution < -0.4 is 14.8 Å². The summed E-state index contributed by atoms with van der Waals surface area (Å²) in [6.45, 7) is 4.13. The Kier molecular flexibility index (Phi) is 4.75. The molecule has 6 heteroatoms. The van der Waals surface area contributed by atoms with Crippen molar-refractivity contribution in [3.05, 3.63) is 53.3 Å². The number of nitrogens with one attached hydrogen (secondary N) is 1. The van der Waals surface area contributed by atoms with Gasteiger partial charge in [-0.3, -0.25) is 9.78 Å². The molecule has 0 aliphatic carbocycles. The molecule has 3 heterocycles. The van der Waals surface area contributed by atoms with Crippen molar-refractivity contribution in [1.29, 1.82) is 0 Å². The molecule has 1 saturated heterocycles. The monoisotopic (exact) mass is 354 g/mol. The van der Waals surface area contributed by atoms with E-state index in [0.29, 0.717) is 43.5 Å². The molecule has 0 spiro atoms. The second-order valence-electron chi connectivity index (χ2n) is 6.75. The lowest BCUT2D eigenvalue weighted by molar-refractivity contribution is 0.0923. The van der Waals surface area contributed by atoms with E-state index in [1.807, 2.05) is 25.1 Å². The zero-order valence-electron chi connectivity index (χ0n) is 14.7. The number of fused-ring (bicyclic) bond motifs is 1. The van der Waals surface area contributed by atoms with Crippen LogP contribution in [0.25, 0.3) is 0 Å². The number of nitrogens with zero attached hydrogens (tertiary/aromatic N) is 1. The highest BCUT2D eigenvalue weighted by atomic mass is 16.6. The molecule has 6 nitrogen and oxygen atoms in total. The van der Waals surface area contributed by atoms with Crippen molar-refractivity contribution >= 4 is 5.91 Å². The van der Waals surface area contributed by atoms with Crippen LogP contribution in [0.4, 0.5) is 0 Å². The minimum Gasteiger partial charge on any atom is -0.486 e. The summed E-state index contributed by atoms with van der Waals surface area (Å²) >= 11 is 0. The number of carbonyl (C=O) groups excluding carboxylic acids is 1. The van der Waals surface area contributed by atoms with Gasteiger partial charge in [0.2, 0.25) is 0 Å². The second kappa shape index (κ2) is 7.33. The van der Waals surface area contributed by atoms with Gasteiger partial charge in [-0.2, -0.15) is 0 Å². The van der Waals surface area contributed by atoms with Gasteiger partial charge in [0, 0.05) is 23.9 Å². The van der Waals surface area contributed by atoms with Crippen molar-refractivity contribution in [3.8, 4) is 11.5 Å². The molecule has 1 aromatic heterocycles. The highest BCUT2D eigenvalue weighted by molar-refractivity contribution is 5.96. The van der Waals surface area contributed by atoms with Gasteiger partial charge in [0.15, 0.2) is 11.5 Å². The number of carbonyl (C=O) groups is 1. The van der Waals surface area contributed by atoms with E-state index in [9.17, 15) is 4.79 Å². The van der Waals surface area contributed by atoms with E-state index < -0.39 is 0 Å². The summed E-state index contributed by atoms with van der Waals surface area (Å²) in [6, 6.07) is 7.63. The molecule has 26 heavy (non-hydrogen) atoms. The maximum atomic E-state index is 12.8. The Balaban J connectivity index is 1.47. The number of hydrogen-bond acceptors (Lipinski definition) is 5. The van der Waals surface area contributed by atoms with Gasteiger partial charge in [-0.1, -0.05) is 0 Å². The number of amides is 1. The first-order valence-corrected chi connectivity index (χ1v) is 8.88. The predicted octanol–water partition coefficient (Wildman–Crippen LogP) is 2.15. The summed E-state index contributed by atoms with van der Waals surface area (Å²) in [5.74, 6) is 1.47. The van der Waals surface area contributed by atoms with E-state index in [1.54, 1.807) is 18.5 Å². The fourth-order valence-corrected chi connectivity index (χ4v) is 3.46. The first kappa shape index (κ1) is 16.8. The molecule has 1 aromatic carbocycles. The highest BCUT2D eigenvalue weighted by Crippen LogP contribution is 2.33. The van der Waals surface area contributed by atoms with E-state index in [4.69, 9.17) is 14.2 Å². The Morgan fingerprint density at radius 2 is 1.88 bits per heavy atom. The van der Waals surface area contributed by atoms with E-state index in [1.165, 1.54) is 5.56 Å². The van der Waals surface area contributed by atoms with Crippen LogP contribution in [0.2, 0.25) is 0 Å². The Bertz CT molecular complexity index is 794. The normalized spacial score (nSPS) is 21.4. The van der Waals surface area contributed by atoms with Crippen molar-refractivity contribution in [2.75, 3.05) is 26.4 Å². The molecule has 2 aliphatic rings. The lowest BCUT2D eigenvalue weighted by Crippen LogP contribution is -2.40. The van der Waals surface area contributed by atoms with Gasteiger partial charge in [0.05, 0.1) is 19.3 Å². The SMILES string of the molecule is Cc1cc2c(cc1C(=O)N[C@H]1COC[C@H]1Cc1ccncc1)OCCO2. The van der Waals surface area contributed by atoms with Crippen LogP contribution in [0.1, 0.15) is 21.5 Å². The fraction of sp³-hybridized carbons (Fsp3) is 0.400. The van der Waals surface area contributed by atoms with Gasteiger partial charge in [-0.15, -0.1) is 0 Å². The molecule has 0 radical (unpaired) electrons. The zero-order chi connectivity index (χ0) is 17.9. The molecule has 136 valence electrons. The summed E-state index contributed by atoms with van der Waals surface area (Å²) in [5, 5.41) is 3.14. The minimum absolute atomic E-state index is 0.0109. The first-order chi connectivity index (χ1) is 12.7. The molecule has 0 unspecified atom stereocenters. The number of aromatic nitrogens is 1. The number of benzene rings is 1. The minimum atomic E-state index is -0.102. The summed E-state index contributed by atoms with van der Waals surface area (Å²) in [6.07, 6.45) is 4.43. The van der Waals surface area contributed by atoms with Crippen molar-refractivity contribution in [3.63, 3.8) is 0 Å². The van der Waals surface area contributed by atoms with Crippen molar-refractivity contribution in [2.45, 2.75) is 19.4 Å². The zero-order valence-corrected chi connectivity index (χ0v) is 14.7. The topological polar surface area (TPSA) is 69.7 Å². The second-order valence-corrected chi connectivity index (χ2v) is 6.75. The molecule has 0 bridgehead atoms. The number of hydrogen-bond donors (Lipinski definition) is 1. The third-order valence-corrected chi connectivity index (χ3v) is 4.90. The Labute approximate surface area is 152 Å². The van der Waals surface area contributed by atoms with Crippen LogP contribution in [0, 0.1) is 12.8 Å². The van der Waals surface area contributed by atoms with Crippen molar-refractivity contribution in [2.24, 2.45) is 5.92 Å². The predicted molar refractivity (Wildman–Crippen MR) is 95.7 cm³/mol. The maximum Gasteiger partial charge on any atom is 0.251 e. The molecule has 1 fully saturated rings. The fourth-order valence-electron chi connectivity index (χ4n) is 3.46. The highest BCUT2D eigenvalue weighted by Gasteiger charge is 2.30. The largest absolute Gasteiger partial charge is 0.486 e. The Hall–Kier alpha value is -2.60. The first-order valence-electron chi connectivity index (χ1n) is 8.88. The van der Waals surface area contributed by atoms with Crippen molar-refractivity contribution < 1.29 is 19.0 Å². The lowest BCUT2D eigenvalue weighted by atomic mass is 9.95. The number of ether oxygens (including phenoxy) is 3.